The highest BCUT2D eigenvalue weighted by Crippen LogP contribution is 2.23. The molecular formula is C20H21N5OS2. The molecular weight excluding hydrogens is 390 g/mol. The van der Waals surface area contributed by atoms with Crippen molar-refractivity contribution in [3.05, 3.63) is 62.9 Å². The lowest BCUT2D eigenvalue weighted by Gasteiger charge is -2.08. The topological polar surface area (TPSA) is 65.1 Å². The molecule has 0 atom stereocenters. The van der Waals surface area contributed by atoms with E-state index in [0.29, 0.717) is 16.7 Å². The maximum absolute atomic E-state index is 12.9. The summed E-state index contributed by atoms with van der Waals surface area (Å²) in [6.07, 6.45) is 0. The molecule has 4 heterocycles. The van der Waals surface area contributed by atoms with Gasteiger partial charge in [-0.15, -0.1) is 21.5 Å². The fourth-order valence-electron chi connectivity index (χ4n) is 3.39. The van der Waals surface area contributed by atoms with Gasteiger partial charge >= 0.3 is 0 Å². The number of hydrogen-bond donors (Lipinski definition) is 0. The van der Waals surface area contributed by atoms with Crippen LogP contribution >= 0.6 is 23.1 Å². The summed E-state index contributed by atoms with van der Waals surface area (Å²) in [5.74, 6) is 0.990. The van der Waals surface area contributed by atoms with Crippen LogP contribution < -0.4 is 0 Å². The molecule has 8 heteroatoms. The van der Waals surface area contributed by atoms with Crippen LogP contribution in [0.3, 0.4) is 0 Å². The number of fused-ring (bicyclic) bond motifs is 1. The molecule has 0 radical (unpaired) electrons. The molecule has 0 aliphatic carbocycles. The van der Waals surface area contributed by atoms with Crippen LogP contribution in [0.15, 0.2) is 34.8 Å². The fraction of sp³-hybridized carbons (Fsp3) is 0.300. The molecule has 28 heavy (non-hydrogen) atoms. The standard InChI is InChI=1S/C20H21N5OS2/c1-12-8-14(3)25-19(21-12)22-23-20(25)28-11-18(26)17-9-13(2)24(15(17)4)10-16-6-5-7-27-16/h5-9H,10-11H2,1-4H3. The number of hydrogen-bond acceptors (Lipinski definition) is 6. The van der Waals surface area contributed by atoms with Gasteiger partial charge in [0.05, 0.1) is 12.3 Å². The van der Waals surface area contributed by atoms with Crippen molar-refractivity contribution in [2.24, 2.45) is 0 Å². The second kappa shape index (κ2) is 7.52. The molecule has 0 bridgehead atoms. The molecule has 144 valence electrons. The molecule has 4 aromatic rings. The molecule has 0 saturated carbocycles. The first-order valence-corrected chi connectivity index (χ1v) is 10.8. The summed E-state index contributed by atoms with van der Waals surface area (Å²) >= 11 is 3.13. The number of rotatable bonds is 6. The summed E-state index contributed by atoms with van der Waals surface area (Å²) in [7, 11) is 0. The molecule has 4 rings (SSSR count). The van der Waals surface area contributed by atoms with Crippen molar-refractivity contribution in [2.75, 3.05) is 5.75 Å². The summed E-state index contributed by atoms with van der Waals surface area (Å²) in [5, 5.41) is 11.1. The van der Waals surface area contributed by atoms with Gasteiger partial charge in [0.25, 0.3) is 5.78 Å². The average Bonchev–Trinajstić information content (AvgIpc) is 3.36. The lowest BCUT2D eigenvalue weighted by atomic mass is 10.2. The van der Waals surface area contributed by atoms with Crippen molar-refractivity contribution in [1.29, 1.82) is 0 Å². The number of Topliss-reactive ketones (excluding diaryl/α,β-unsaturated/α-hetero) is 1. The Bertz CT molecular complexity index is 1160. The van der Waals surface area contributed by atoms with Crippen molar-refractivity contribution >= 4 is 34.7 Å². The van der Waals surface area contributed by atoms with E-state index in [1.165, 1.54) is 16.6 Å². The highest BCUT2D eigenvalue weighted by atomic mass is 32.2. The van der Waals surface area contributed by atoms with Crippen LogP contribution in [0.4, 0.5) is 0 Å². The number of thiophene rings is 1. The van der Waals surface area contributed by atoms with Gasteiger partial charge < -0.3 is 4.57 Å². The minimum atomic E-state index is 0.102. The third-order valence-corrected chi connectivity index (χ3v) is 6.55. The van der Waals surface area contributed by atoms with Gasteiger partial charge in [0.1, 0.15) is 0 Å². The van der Waals surface area contributed by atoms with Crippen LogP contribution in [0.2, 0.25) is 0 Å². The Morgan fingerprint density at radius 1 is 1.14 bits per heavy atom. The second-order valence-corrected chi connectivity index (χ2v) is 8.79. The number of ketones is 1. The Hall–Kier alpha value is -2.45. The molecule has 0 spiro atoms. The highest BCUT2D eigenvalue weighted by Gasteiger charge is 2.18. The van der Waals surface area contributed by atoms with Crippen molar-refractivity contribution < 1.29 is 4.79 Å². The largest absolute Gasteiger partial charge is 0.343 e. The SMILES string of the molecule is Cc1cc(C)n2c(SCC(=O)c3cc(C)n(Cc4cccs4)c3C)nnc2n1. The second-order valence-electron chi connectivity index (χ2n) is 6.82. The zero-order valence-electron chi connectivity index (χ0n) is 16.3. The van der Waals surface area contributed by atoms with Crippen molar-refractivity contribution in [2.45, 2.75) is 39.4 Å². The van der Waals surface area contributed by atoms with Crippen LogP contribution in [-0.4, -0.2) is 35.7 Å². The molecule has 0 saturated heterocycles. The van der Waals surface area contributed by atoms with Crippen molar-refractivity contribution in [1.82, 2.24) is 24.1 Å². The summed E-state index contributed by atoms with van der Waals surface area (Å²) in [6, 6.07) is 8.15. The first-order chi connectivity index (χ1) is 13.4. The van der Waals surface area contributed by atoms with E-state index in [-0.39, 0.29) is 5.78 Å². The smallest absolute Gasteiger partial charge is 0.256 e. The number of nitrogens with zero attached hydrogens (tertiary/aromatic N) is 5. The molecule has 0 aliphatic rings. The van der Waals surface area contributed by atoms with E-state index in [1.807, 2.05) is 44.2 Å². The fourth-order valence-corrected chi connectivity index (χ4v) is 4.95. The number of aryl methyl sites for hydroxylation is 3. The molecule has 0 aromatic carbocycles. The van der Waals surface area contributed by atoms with Crippen LogP contribution in [-0.2, 0) is 6.54 Å². The van der Waals surface area contributed by atoms with Gasteiger partial charge in [-0.2, -0.15) is 0 Å². The molecule has 0 unspecified atom stereocenters. The number of carbonyl (C=O) groups excluding carboxylic acids is 1. The van der Waals surface area contributed by atoms with E-state index in [9.17, 15) is 4.79 Å². The van der Waals surface area contributed by atoms with Gasteiger partial charge in [-0.1, -0.05) is 17.8 Å². The van der Waals surface area contributed by atoms with E-state index >= 15 is 0 Å². The van der Waals surface area contributed by atoms with Crippen LogP contribution in [0.1, 0.15) is 38.0 Å². The van der Waals surface area contributed by atoms with Crippen LogP contribution in [0, 0.1) is 27.7 Å². The third kappa shape index (κ3) is 3.49. The molecule has 4 aromatic heterocycles. The molecule has 0 aliphatic heterocycles. The summed E-state index contributed by atoms with van der Waals surface area (Å²) in [5.41, 5.74) is 4.81. The lowest BCUT2D eigenvalue weighted by Crippen LogP contribution is -2.07. The Morgan fingerprint density at radius 2 is 1.96 bits per heavy atom. The predicted octanol–water partition coefficient (Wildman–Crippen LogP) is 4.24. The molecule has 0 amide bonds. The summed E-state index contributed by atoms with van der Waals surface area (Å²) in [4.78, 5) is 18.6. The van der Waals surface area contributed by atoms with Crippen LogP contribution in [0.25, 0.3) is 5.78 Å². The molecule has 0 N–H and O–H groups in total. The Morgan fingerprint density at radius 3 is 2.71 bits per heavy atom. The van der Waals surface area contributed by atoms with E-state index in [0.717, 1.165) is 34.9 Å². The lowest BCUT2D eigenvalue weighted by molar-refractivity contribution is 0.102. The number of thioether (sulfide) groups is 1. The number of aromatic nitrogens is 5. The van der Waals surface area contributed by atoms with Crippen LogP contribution in [0.5, 0.6) is 0 Å². The Balaban J connectivity index is 1.53. The zero-order valence-corrected chi connectivity index (χ0v) is 17.9. The van der Waals surface area contributed by atoms with Gasteiger partial charge in [-0.3, -0.25) is 9.20 Å². The minimum Gasteiger partial charge on any atom is -0.343 e. The first-order valence-electron chi connectivity index (χ1n) is 8.98. The maximum atomic E-state index is 12.9. The van der Waals surface area contributed by atoms with E-state index in [4.69, 9.17) is 0 Å². The number of carbonyl (C=O) groups is 1. The third-order valence-electron chi connectivity index (χ3n) is 4.76. The van der Waals surface area contributed by atoms with Crippen molar-refractivity contribution in [3.63, 3.8) is 0 Å². The van der Waals surface area contributed by atoms with E-state index in [2.05, 4.69) is 37.3 Å². The Labute approximate surface area is 171 Å². The van der Waals surface area contributed by atoms with Crippen molar-refractivity contribution in [3.8, 4) is 0 Å². The monoisotopic (exact) mass is 411 g/mol. The highest BCUT2D eigenvalue weighted by molar-refractivity contribution is 7.99. The predicted molar refractivity (Wildman–Crippen MR) is 113 cm³/mol. The molecule has 0 fully saturated rings. The normalized spacial score (nSPS) is 11.4. The Kier molecular flexibility index (Phi) is 5.07. The van der Waals surface area contributed by atoms with Gasteiger partial charge in [0.15, 0.2) is 10.9 Å². The van der Waals surface area contributed by atoms with E-state index < -0.39 is 0 Å². The first kappa shape index (κ1) is 18.9. The maximum Gasteiger partial charge on any atom is 0.256 e. The minimum absolute atomic E-state index is 0.102. The summed E-state index contributed by atoms with van der Waals surface area (Å²) in [6.45, 7) is 8.80. The summed E-state index contributed by atoms with van der Waals surface area (Å²) < 4.78 is 4.10. The van der Waals surface area contributed by atoms with Gasteiger partial charge in [0.2, 0.25) is 0 Å². The molecule has 6 nitrogen and oxygen atoms in total. The quantitative estimate of drug-likeness (QED) is 0.351. The van der Waals surface area contributed by atoms with Gasteiger partial charge in [-0.25, -0.2) is 4.98 Å². The van der Waals surface area contributed by atoms with Gasteiger partial charge in [0, 0.05) is 33.2 Å². The average molecular weight is 412 g/mol. The zero-order chi connectivity index (χ0) is 19.8. The van der Waals surface area contributed by atoms with Gasteiger partial charge in [-0.05, 0) is 51.3 Å². The van der Waals surface area contributed by atoms with E-state index in [1.54, 1.807) is 11.3 Å².